The van der Waals surface area contributed by atoms with Crippen LogP contribution >= 0.6 is 0 Å². The molecule has 0 aliphatic rings. The molecule has 21 heavy (non-hydrogen) atoms. The van der Waals surface area contributed by atoms with Crippen molar-refractivity contribution in [3.8, 4) is 0 Å². The summed E-state index contributed by atoms with van der Waals surface area (Å²) in [6.45, 7) is 5.72. The largest absolute Gasteiger partial charge is 0.464 e. The predicted octanol–water partition coefficient (Wildman–Crippen LogP) is 0.876. The monoisotopic (exact) mass is 312 g/mol. The van der Waals surface area contributed by atoms with Crippen molar-refractivity contribution in [3.05, 3.63) is 34.5 Å². The van der Waals surface area contributed by atoms with Crippen LogP contribution in [0.4, 0.5) is 0 Å². The lowest BCUT2D eigenvalue weighted by molar-refractivity contribution is 0.478. The average molecular weight is 312 g/mol. The summed E-state index contributed by atoms with van der Waals surface area (Å²) >= 11 is 0. The van der Waals surface area contributed by atoms with Gasteiger partial charge in [-0.05, 0) is 20.8 Å². The highest BCUT2D eigenvalue weighted by Crippen LogP contribution is 2.20. The van der Waals surface area contributed by atoms with Gasteiger partial charge in [-0.3, -0.25) is 4.68 Å². The van der Waals surface area contributed by atoms with Crippen molar-refractivity contribution in [1.29, 1.82) is 0 Å². The van der Waals surface area contributed by atoms with Crippen molar-refractivity contribution >= 4 is 10.0 Å². The van der Waals surface area contributed by atoms with Gasteiger partial charge in [0.1, 0.15) is 16.4 Å². The Bertz CT molecular complexity index is 759. The Morgan fingerprint density at radius 1 is 1.38 bits per heavy atom. The number of furan rings is 1. The molecule has 2 aromatic rings. The third-order valence-corrected chi connectivity index (χ3v) is 5.02. The molecule has 0 saturated heterocycles. The van der Waals surface area contributed by atoms with Gasteiger partial charge in [-0.2, -0.15) is 5.10 Å². The Morgan fingerprint density at radius 3 is 2.52 bits per heavy atom. The van der Waals surface area contributed by atoms with Gasteiger partial charge in [-0.25, -0.2) is 13.1 Å². The molecule has 2 aromatic heterocycles. The van der Waals surface area contributed by atoms with Crippen molar-refractivity contribution in [2.75, 3.05) is 0 Å². The highest BCUT2D eigenvalue weighted by atomic mass is 32.2. The molecule has 0 atom stereocenters. The van der Waals surface area contributed by atoms with E-state index in [1.165, 1.54) is 6.07 Å². The standard InChI is InChI=1S/C13H20N4O3S/c1-8-12(9(2)17(4)16-8)7-15-21(18,19)13-5-11(6-14)20-10(13)3/h5,15H,6-7,14H2,1-4H3. The van der Waals surface area contributed by atoms with E-state index >= 15 is 0 Å². The topological polar surface area (TPSA) is 103 Å². The molecule has 0 aliphatic carbocycles. The maximum absolute atomic E-state index is 12.3. The summed E-state index contributed by atoms with van der Waals surface area (Å²) in [5.74, 6) is 0.782. The average Bonchev–Trinajstić information content (AvgIpc) is 2.90. The molecule has 3 N–H and O–H groups in total. The zero-order valence-electron chi connectivity index (χ0n) is 12.6. The van der Waals surface area contributed by atoms with Crippen molar-refractivity contribution in [3.63, 3.8) is 0 Å². The second-order valence-electron chi connectivity index (χ2n) is 4.93. The Morgan fingerprint density at radius 2 is 2.05 bits per heavy atom. The minimum atomic E-state index is -3.64. The molecule has 2 heterocycles. The van der Waals surface area contributed by atoms with Crippen molar-refractivity contribution in [1.82, 2.24) is 14.5 Å². The smallest absolute Gasteiger partial charge is 0.244 e. The molecule has 2 rings (SSSR count). The molecular formula is C13H20N4O3S. The zero-order chi connectivity index (χ0) is 15.8. The zero-order valence-corrected chi connectivity index (χ0v) is 13.4. The molecule has 0 radical (unpaired) electrons. The molecule has 0 unspecified atom stereocenters. The molecule has 0 aliphatic heterocycles. The van der Waals surface area contributed by atoms with E-state index in [1.807, 2.05) is 20.9 Å². The number of nitrogens with one attached hydrogen (secondary N) is 1. The van der Waals surface area contributed by atoms with Crippen molar-refractivity contribution < 1.29 is 12.8 Å². The van der Waals surface area contributed by atoms with Gasteiger partial charge in [0.05, 0.1) is 12.2 Å². The van der Waals surface area contributed by atoms with E-state index in [-0.39, 0.29) is 18.0 Å². The van der Waals surface area contributed by atoms with Crippen LogP contribution in [0.2, 0.25) is 0 Å². The van der Waals surface area contributed by atoms with E-state index in [1.54, 1.807) is 11.6 Å². The first kappa shape index (κ1) is 15.7. The first-order valence-corrected chi connectivity index (χ1v) is 8.02. The van der Waals surface area contributed by atoms with Crippen LogP contribution in [0.15, 0.2) is 15.4 Å². The summed E-state index contributed by atoms with van der Waals surface area (Å²) in [6, 6.07) is 1.46. The third kappa shape index (κ3) is 3.02. The first-order valence-electron chi connectivity index (χ1n) is 6.54. The number of nitrogens with two attached hydrogens (primary N) is 1. The number of rotatable bonds is 5. The summed E-state index contributed by atoms with van der Waals surface area (Å²) in [5, 5.41) is 4.27. The quantitative estimate of drug-likeness (QED) is 0.853. The number of aromatic nitrogens is 2. The van der Waals surface area contributed by atoms with Crippen LogP contribution in [0.5, 0.6) is 0 Å². The Balaban J connectivity index is 2.23. The minimum absolute atomic E-state index is 0.127. The van der Waals surface area contributed by atoms with Crippen LogP contribution in [0.1, 0.15) is 28.5 Å². The summed E-state index contributed by atoms with van der Waals surface area (Å²) in [4.78, 5) is 0.127. The van der Waals surface area contributed by atoms with Crippen molar-refractivity contribution in [2.45, 2.75) is 38.8 Å². The first-order chi connectivity index (χ1) is 9.76. The van der Waals surface area contributed by atoms with Crippen LogP contribution in [0, 0.1) is 20.8 Å². The SMILES string of the molecule is Cc1nn(C)c(C)c1CNS(=O)(=O)c1cc(CN)oc1C. The highest BCUT2D eigenvalue weighted by molar-refractivity contribution is 7.89. The highest BCUT2D eigenvalue weighted by Gasteiger charge is 2.22. The van der Waals surface area contributed by atoms with E-state index in [2.05, 4.69) is 9.82 Å². The molecule has 0 amide bonds. The predicted molar refractivity (Wildman–Crippen MR) is 78.0 cm³/mol. The summed E-state index contributed by atoms with van der Waals surface area (Å²) in [7, 11) is -1.81. The summed E-state index contributed by atoms with van der Waals surface area (Å²) in [5.41, 5.74) is 8.08. The fourth-order valence-corrected chi connectivity index (χ4v) is 3.41. The number of sulfonamides is 1. The third-order valence-electron chi connectivity index (χ3n) is 3.51. The van der Waals surface area contributed by atoms with Crippen LogP contribution in [-0.4, -0.2) is 18.2 Å². The molecule has 0 spiro atoms. The minimum Gasteiger partial charge on any atom is -0.464 e. The molecule has 0 saturated carbocycles. The lowest BCUT2D eigenvalue weighted by atomic mass is 10.2. The molecule has 7 nitrogen and oxygen atoms in total. The number of hydrogen-bond donors (Lipinski definition) is 2. The molecular weight excluding hydrogens is 292 g/mol. The van der Waals surface area contributed by atoms with E-state index in [4.69, 9.17) is 10.2 Å². The van der Waals surface area contributed by atoms with Gasteiger partial charge in [0.25, 0.3) is 0 Å². The molecule has 8 heteroatoms. The van der Waals surface area contributed by atoms with Crippen LogP contribution in [0.3, 0.4) is 0 Å². The fraction of sp³-hybridized carbons (Fsp3) is 0.462. The Kier molecular flexibility index (Phi) is 4.22. The van der Waals surface area contributed by atoms with E-state index in [0.29, 0.717) is 11.5 Å². The molecule has 0 aromatic carbocycles. The van der Waals surface area contributed by atoms with E-state index in [9.17, 15) is 8.42 Å². The maximum atomic E-state index is 12.3. The van der Waals surface area contributed by atoms with Crippen LogP contribution < -0.4 is 10.5 Å². The van der Waals surface area contributed by atoms with Gasteiger partial charge < -0.3 is 10.2 Å². The van der Waals surface area contributed by atoms with Crippen molar-refractivity contribution in [2.24, 2.45) is 12.8 Å². The summed E-state index contributed by atoms with van der Waals surface area (Å²) in [6.07, 6.45) is 0. The molecule has 0 fully saturated rings. The van der Waals surface area contributed by atoms with E-state index < -0.39 is 10.0 Å². The van der Waals surface area contributed by atoms with Crippen LogP contribution in [0.25, 0.3) is 0 Å². The molecule has 116 valence electrons. The molecule has 0 bridgehead atoms. The number of aryl methyl sites for hydroxylation is 3. The van der Waals surface area contributed by atoms with Crippen LogP contribution in [-0.2, 0) is 30.2 Å². The van der Waals surface area contributed by atoms with Gasteiger partial charge in [-0.15, -0.1) is 0 Å². The van der Waals surface area contributed by atoms with Gasteiger partial charge in [0.2, 0.25) is 10.0 Å². The van der Waals surface area contributed by atoms with Gasteiger partial charge in [0.15, 0.2) is 0 Å². The second-order valence-corrected chi connectivity index (χ2v) is 6.67. The number of nitrogens with zero attached hydrogens (tertiary/aromatic N) is 2. The Labute approximate surface area is 124 Å². The van der Waals surface area contributed by atoms with Gasteiger partial charge in [0, 0.05) is 30.9 Å². The lowest BCUT2D eigenvalue weighted by Crippen LogP contribution is -2.24. The lowest BCUT2D eigenvalue weighted by Gasteiger charge is -2.06. The van der Waals surface area contributed by atoms with E-state index in [0.717, 1.165) is 17.0 Å². The number of hydrogen-bond acceptors (Lipinski definition) is 5. The Hall–Kier alpha value is -1.64. The summed E-state index contributed by atoms with van der Waals surface area (Å²) < 4.78 is 34.3. The fourth-order valence-electron chi connectivity index (χ4n) is 2.21. The maximum Gasteiger partial charge on any atom is 0.244 e. The second kappa shape index (κ2) is 5.63. The normalized spacial score (nSPS) is 12.0. The van der Waals surface area contributed by atoms with Gasteiger partial charge >= 0.3 is 0 Å². The van der Waals surface area contributed by atoms with Gasteiger partial charge in [-0.1, -0.05) is 0 Å².